The van der Waals surface area contributed by atoms with E-state index >= 15 is 0 Å². The molecule has 0 spiro atoms. The van der Waals surface area contributed by atoms with E-state index in [-0.39, 0.29) is 16.4 Å². The van der Waals surface area contributed by atoms with Gasteiger partial charge in [0.25, 0.3) is 0 Å². The van der Waals surface area contributed by atoms with Gasteiger partial charge < -0.3 is 18.9 Å². The van der Waals surface area contributed by atoms with Gasteiger partial charge in [0.15, 0.2) is 0 Å². The number of carbonyl (C=O) groups excluding carboxylic acids is 1. The Morgan fingerprint density at radius 3 is 2.26 bits per heavy atom. The van der Waals surface area contributed by atoms with Gasteiger partial charge in [-0.15, -0.1) is 4.72 Å². The molecular weight excluding hydrogens is 462 g/mol. The zero-order chi connectivity index (χ0) is 24.9. The monoisotopic (exact) mass is 499 g/mol. The minimum Gasteiger partial charge on any atom is -0.598 e. The molecule has 2 aliphatic heterocycles. The Labute approximate surface area is 212 Å². The highest BCUT2D eigenvalue weighted by Crippen LogP contribution is 2.39. The third-order valence-corrected chi connectivity index (χ3v) is 8.39. The van der Waals surface area contributed by atoms with Gasteiger partial charge in [-0.25, -0.2) is 4.79 Å². The van der Waals surface area contributed by atoms with E-state index in [1.165, 1.54) is 5.56 Å². The molecule has 1 unspecified atom stereocenters. The third-order valence-electron chi connectivity index (χ3n) is 6.87. The lowest BCUT2D eigenvalue weighted by atomic mass is 9.80. The normalized spacial score (nSPS) is 19.8. The average molecular weight is 500 g/mol. The van der Waals surface area contributed by atoms with Gasteiger partial charge in [-0.3, -0.25) is 4.90 Å². The van der Waals surface area contributed by atoms with Crippen LogP contribution in [0.25, 0.3) is 0 Å². The van der Waals surface area contributed by atoms with Gasteiger partial charge in [0.2, 0.25) is 0 Å². The standard InChI is InChI=1S/C27H37N3O4S/c1-26(2,3)35(32)28-21-22-9-11-23(12-10-22)27(13-19-33-20-14-27)30-17-15-29(16-18-30)25(31)34-24-7-5-4-6-8-24/h4-12,28H,13-21H2,1-3H3. The summed E-state index contributed by atoms with van der Waals surface area (Å²) in [6.07, 6.45) is 1.56. The van der Waals surface area contributed by atoms with Crippen LogP contribution in [0.4, 0.5) is 4.79 Å². The number of rotatable bonds is 6. The summed E-state index contributed by atoms with van der Waals surface area (Å²) in [5, 5.41) is 0. The lowest BCUT2D eigenvalue weighted by Crippen LogP contribution is -2.58. The van der Waals surface area contributed by atoms with E-state index in [0.29, 0.717) is 25.4 Å². The summed E-state index contributed by atoms with van der Waals surface area (Å²) in [6.45, 7) is 10.8. The van der Waals surface area contributed by atoms with Gasteiger partial charge in [0.1, 0.15) is 10.5 Å². The summed E-state index contributed by atoms with van der Waals surface area (Å²) in [5.41, 5.74) is 2.29. The van der Waals surface area contributed by atoms with Gasteiger partial charge in [-0.2, -0.15) is 0 Å². The highest BCUT2D eigenvalue weighted by atomic mass is 32.2. The first-order chi connectivity index (χ1) is 16.8. The molecule has 2 saturated heterocycles. The Kier molecular flexibility index (Phi) is 8.39. The Morgan fingerprint density at radius 1 is 1.03 bits per heavy atom. The molecule has 1 amide bonds. The first-order valence-electron chi connectivity index (χ1n) is 12.4. The summed E-state index contributed by atoms with van der Waals surface area (Å²) < 4.78 is 26.4. The number of ether oxygens (including phenoxy) is 2. The van der Waals surface area contributed by atoms with Crippen molar-refractivity contribution in [1.29, 1.82) is 0 Å². The topological polar surface area (TPSA) is 77.1 Å². The van der Waals surface area contributed by atoms with Crippen molar-refractivity contribution < 1.29 is 18.8 Å². The molecule has 4 rings (SSSR count). The molecule has 2 aromatic rings. The van der Waals surface area contributed by atoms with Crippen molar-refractivity contribution in [2.24, 2.45) is 0 Å². The number of benzene rings is 2. The molecule has 0 radical (unpaired) electrons. The molecule has 2 aromatic carbocycles. The summed E-state index contributed by atoms with van der Waals surface area (Å²) in [7, 11) is 0. The smallest absolute Gasteiger partial charge is 0.415 e. The molecule has 0 bridgehead atoms. The lowest BCUT2D eigenvalue weighted by Gasteiger charge is -2.49. The van der Waals surface area contributed by atoms with Crippen molar-refractivity contribution >= 4 is 17.5 Å². The Hall–Kier alpha value is -2.10. The maximum Gasteiger partial charge on any atom is 0.415 e. The molecule has 2 fully saturated rings. The molecular formula is C27H37N3O4S. The van der Waals surface area contributed by atoms with Crippen molar-refractivity contribution in [3.63, 3.8) is 0 Å². The highest BCUT2D eigenvalue weighted by Gasteiger charge is 2.42. The summed E-state index contributed by atoms with van der Waals surface area (Å²) >= 11 is -1.10. The SMILES string of the molecule is CC(C)(C)[S+]([O-])NCc1ccc(C2(N3CCN(C(=O)Oc4ccccc4)CC3)CCOCC2)cc1. The van der Waals surface area contributed by atoms with Gasteiger partial charge in [0, 0.05) is 50.8 Å². The minimum atomic E-state index is -1.10. The fraction of sp³-hybridized carbons (Fsp3) is 0.519. The maximum absolute atomic E-state index is 12.6. The van der Waals surface area contributed by atoms with E-state index in [4.69, 9.17) is 9.47 Å². The van der Waals surface area contributed by atoms with Gasteiger partial charge >= 0.3 is 6.09 Å². The summed E-state index contributed by atoms with van der Waals surface area (Å²) in [6, 6.07) is 17.9. The number of hydrogen-bond donors (Lipinski definition) is 1. The van der Waals surface area contributed by atoms with Crippen LogP contribution in [0.5, 0.6) is 5.75 Å². The molecule has 1 atom stereocenters. The predicted octanol–water partition coefficient (Wildman–Crippen LogP) is 4.06. The molecule has 1 N–H and O–H groups in total. The summed E-state index contributed by atoms with van der Waals surface area (Å²) in [4.78, 5) is 17.0. The number of amides is 1. The molecule has 7 nitrogen and oxygen atoms in total. The molecule has 190 valence electrons. The van der Waals surface area contributed by atoms with Crippen LogP contribution in [-0.2, 0) is 28.2 Å². The maximum atomic E-state index is 12.6. The van der Waals surface area contributed by atoms with Crippen LogP contribution in [0.15, 0.2) is 54.6 Å². The van der Waals surface area contributed by atoms with E-state index in [2.05, 4.69) is 33.9 Å². The second-order valence-corrected chi connectivity index (χ2v) is 12.2. The van der Waals surface area contributed by atoms with Crippen LogP contribution in [0.2, 0.25) is 0 Å². The second-order valence-electron chi connectivity index (χ2n) is 10.2. The fourth-order valence-corrected chi connectivity index (χ4v) is 5.50. The first kappa shape index (κ1) is 26.0. The van der Waals surface area contributed by atoms with Crippen molar-refractivity contribution in [3.05, 3.63) is 65.7 Å². The molecule has 0 saturated carbocycles. The molecule has 0 aromatic heterocycles. The molecule has 35 heavy (non-hydrogen) atoms. The number of hydrogen-bond acceptors (Lipinski definition) is 6. The van der Waals surface area contributed by atoms with Gasteiger partial charge in [-0.05, 0) is 56.9 Å². The number of nitrogens with one attached hydrogen (secondary N) is 1. The van der Waals surface area contributed by atoms with Crippen molar-refractivity contribution in [2.75, 3.05) is 39.4 Å². The van der Waals surface area contributed by atoms with E-state index in [1.807, 2.05) is 39.0 Å². The van der Waals surface area contributed by atoms with Crippen LogP contribution < -0.4 is 9.46 Å². The Bertz CT molecular complexity index is 951. The van der Waals surface area contributed by atoms with Crippen LogP contribution >= 0.6 is 0 Å². The molecule has 0 aliphatic carbocycles. The average Bonchev–Trinajstić information content (AvgIpc) is 2.88. The number of nitrogens with zero attached hydrogens (tertiary/aromatic N) is 2. The van der Waals surface area contributed by atoms with E-state index in [9.17, 15) is 9.35 Å². The van der Waals surface area contributed by atoms with E-state index in [1.54, 1.807) is 17.0 Å². The van der Waals surface area contributed by atoms with E-state index < -0.39 is 11.4 Å². The molecule has 2 aliphatic rings. The van der Waals surface area contributed by atoms with Crippen molar-refractivity contribution in [1.82, 2.24) is 14.5 Å². The molecule has 2 heterocycles. The number of para-hydroxylation sites is 1. The Balaban J connectivity index is 1.40. The van der Waals surface area contributed by atoms with Crippen LogP contribution in [-0.4, -0.2) is 64.6 Å². The largest absolute Gasteiger partial charge is 0.598 e. The number of piperazine rings is 1. The first-order valence-corrected chi connectivity index (χ1v) is 13.5. The van der Waals surface area contributed by atoms with Crippen LogP contribution in [0.1, 0.15) is 44.7 Å². The minimum absolute atomic E-state index is 0.103. The van der Waals surface area contributed by atoms with Crippen molar-refractivity contribution in [3.8, 4) is 5.75 Å². The predicted molar refractivity (Wildman–Crippen MR) is 139 cm³/mol. The highest BCUT2D eigenvalue weighted by molar-refractivity contribution is 7.90. The van der Waals surface area contributed by atoms with Crippen LogP contribution in [0, 0.1) is 0 Å². The van der Waals surface area contributed by atoms with Gasteiger partial charge in [-0.1, -0.05) is 42.5 Å². The number of carbonyl (C=O) groups is 1. The van der Waals surface area contributed by atoms with E-state index in [0.717, 1.165) is 44.7 Å². The van der Waals surface area contributed by atoms with Gasteiger partial charge in [0.05, 0.1) is 12.1 Å². The van der Waals surface area contributed by atoms with Crippen molar-refractivity contribution in [2.45, 2.75) is 50.4 Å². The third kappa shape index (κ3) is 6.37. The fourth-order valence-electron chi connectivity index (χ4n) is 4.77. The van der Waals surface area contributed by atoms with Crippen LogP contribution in [0.3, 0.4) is 0 Å². The summed E-state index contributed by atoms with van der Waals surface area (Å²) in [5.74, 6) is 0.571. The zero-order valence-electron chi connectivity index (χ0n) is 21.0. The lowest BCUT2D eigenvalue weighted by molar-refractivity contribution is -0.0483. The Morgan fingerprint density at radius 2 is 1.66 bits per heavy atom. The zero-order valence-corrected chi connectivity index (χ0v) is 21.8. The second kappa shape index (κ2) is 11.3. The molecule has 8 heteroatoms. The quantitative estimate of drug-likeness (QED) is 0.604.